The smallest absolute Gasteiger partial charge is 0.260 e. The summed E-state index contributed by atoms with van der Waals surface area (Å²) < 4.78 is 12.6. The lowest BCUT2D eigenvalue weighted by atomic mass is 10.2. The molecule has 0 bridgehead atoms. The molecule has 0 spiro atoms. The van der Waals surface area contributed by atoms with Gasteiger partial charge in [-0.3, -0.25) is 4.79 Å². The van der Waals surface area contributed by atoms with E-state index in [1.54, 1.807) is 19.1 Å². The molecular weight excluding hydrogens is 426 g/mol. The monoisotopic (exact) mass is 441 g/mol. The molecule has 23 heavy (non-hydrogen) atoms. The summed E-state index contributed by atoms with van der Waals surface area (Å²) in [4.78, 5) is 13.8. The van der Waals surface area contributed by atoms with Gasteiger partial charge in [0.25, 0.3) is 5.91 Å². The van der Waals surface area contributed by atoms with Crippen LogP contribution in [0.1, 0.15) is 5.56 Å². The fraction of sp³-hybridized carbons (Fsp3) is 0.235. The maximum atomic E-state index is 12.2. The highest BCUT2D eigenvalue weighted by molar-refractivity contribution is 9.11. The number of benzene rings is 2. The van der Waals surface area contributed by atoms with E-state index in [2.05, 4.69) is 31.9 Å². The standard InChI is InChI=1S/C17H17Br2NO3/c1-20(10-12-5-3-4-6-15(12)22-2)17(21)11-23-16-8-7-13(18)9-14(16)19/h3-9H,10-11H2,1-2H3. The van der Waals surface area contributed by atoms with Crippen molar-refractivity contribution in [2.24, 2.45) is 0 Å². The van der Waals surface area contributed by atoms with Crippen molar-refractivity contribution in [1.82, 2.24) is 4.90 Å². The minimum absolute atomic E-state index is 0.0219. The molecule has 0 saturated carbocycles. The van der Waals surface area contributed by atoms with E-state index < -0.39 is 0 Å². The van der Waals surface area contributed by atoms with Gasteiger partial charge < -0.3 is 14.4 Å². The van der Waals surface area contributed by atoms with Gasteiger partial charge in [0.1, 0.15) is 11.5 Å². The van der Waals surface area contributed by atoms with Gasteiger partial charge in [-0.1, -0.05) is 34.1 Å². The van der Waals surface area contributed by atoms with E-state index in [1.165, 1.54) is 0 Å². The Morgan fingerprint density at radius 3 is 2.57 bits per heavy atom. The molecule has 0 aromatic heterocycles. The van der Waals surface area contributed by atoms with Crippen LogP contribution in [0.3, 0.4) is 0 Å². The van der Waals surface area contributed by atoms with Crippen molar-refractivity contribution in [3.8, 4) is 11.5 Å². The highest BCUT2D eigenvalue weighted by Gasteiger charge is 2.13. The fourth-order valence-corrected chi connectivity index (χ4v) is 3.18. The molecular formula is C17H17Br2NO3. The van der Waals surface area contributed by atoms with E-state index in [4.69, 9.17) is 9.47 Å². The Bertz CT molecular complexity index is 691. The summed E-state index contributed by atoms with van der Waals surface area (Å²) in [5.74, 6) is 1.29. The molecule has 0 radical (unpaired) electrons. The second-order valence-electron chi connectivity index (χ2n) is 4.93. The van der Waals surface area contributed by atoms with Crippen LogP contribution in [0.25, 0.3) is 0 Å². The molecule has 2 aromatic carbocycles. The summed E-state index contributed by atoms with van der Waals surface area (Å²) in [5.41, 5.74) is 0.954. The molecule has 0 aliphatic rings. The van der Waals surface area contributed by atoms with E-state index in [-0.39, 0.29) is 12.5 Å². The van der Waals surface area contributed by atoms with Crippen LogP contribution < -0.4 is 9.47 Å². The Labute approximate surface area is 152 Å². The number of hydrogen-bond donors (Lipinski definition) is 0. The van der Waals surface area contributed by atoms with Gasteiger partial charge in [-0.05, 0) is 40.2 Å². The van der Waals surface area contributed by atoms with Crippen LogP contribution in [0, 0.1) is 0 Å². The Morgan fingerprint density at radius 1 is 1.13 bits per heavy atom. The van der Waals surface area contributed by atoms with Gasteiger partial charge in [-0.25, -0.2) is 0 Å². The number of likely N-dealkylation sites (N-methyl/N-ethyl adjacent to an activating group) is 1. The topological polar surface area (TPSA) is 38.8 Å². The summed E-state index contributed by atoms with van der Waals surface area (Å²) in [5, 5.41) is 0. The number of halogens is 2. The quantitative estimate of drug-likeness (QED) is 0.670. The van der Waals surface area contributed by atoms with Crippen LogP contribution in [-0.2, 0) is 11.3 Å². The third-order valence-electron chi connectivity index (χ3n) is 3.27. The molecule has 4 nitrogen and oxygen atoms in total. The summed E-state index contributed by atoms with van der Waals surface area (Å²) in [6.07, 6.45) is 0. The molecule has 0 aliphatic carbocycles. The molecule has 0 aliphatic heterocycles. The fourth-order valence-electron chi connectivity index (χ4n) is 2.02. The zero-order valence-corrected chi connectivity index (χ0v) is 16.1. The second-order valence-corrected chi connectivity index (χ2v) is 6.70. The van der Waals surface area contributed by atoms with Gasteiger partial charge in [0.2, 0.25) is 0 Å². The van der Waals surface area contributed by atoms with E-state index in [1.807, 2.05) is 42.5 Å². The van der Waals surface area contributed by atoms with Crippen LogP contribution in [0.5, 0.6) is 11.5 Å². The average molecular weight is 443 g/mol. The third kappa shape index (κ3) is 4.97. The first-order valence-electron chi connectivity index (χ1n) is 6.95. The van der Waals surface area contributed by atoms with Gasteiger partial charge in [0.15, 0.2) is 6.61 Å². The van der Waals surface area contributed by atoms with E-state index in [0.29, 0.717) is 12.3 Å². The van der Waals surface area contributed by atoms with Crippen LogP contribution in [0.4, 0.5) is 0 Å². The number of methoxy groups -OCH3 is 1. The zero-order valence-electron chi connectivity index (χ0n) is 12.9. The van der Waals surface area contributed by atoms with Crippen LogP contribution in [0.2, 0.25) is 0 Å². The Morgan fingerprint density at radius 2 is 1.87 bits per heavy atom. The van der Waals surface area contributed by atoms with Crippen LogP contribution in [0.15, 0.2) is 51.4 Å². The number of para-hydroxylation sites is 1. The molecule has 2 aromatic rings. The van der Waals surface area contributed by atoms with Crippen LogP contribution >= 0.6 is 31.9 Å². The van der Waals surface area contributed by atoms with Crippen molar-refractivity contribution >= 4 is 37.8 Å². The second kappa shape index (κ2) is 8.36. The lowest BCUT2D eigenvalue weighted by molar-refractivity contribution is -0.132. The van der Waals surface area contributed by atoms with Crippen molar-refractivity contribution in [2.75, 3.05) is 20.8 Å². The Balaban J connectivity index is 1.95. The molecule has 0 atom stereocenters. The number of nitrogens with zero attached hydrogens (tertiary/aromatic N) is 1. The van der Waals surface area contributed by atoms with Crippen molar-refractivity contribution in [3.63, 3.8) is 0 Å². The van der Waals surface area contributed by atoms with Crippen LogP contribution in [-0.4, -0.2) is 31.6 Å². The first kappa shape index (κ1) is 17.8. The largest absolute Gasteiger partial charge is 0.496 e. The Hall–Kier alpha value is -1.53. The van der Waals surface area contributed by atoms with Gasteiger partial charge >= 0.3 is 0 Å². The minimum Gasteiger partial charge on any atom is -0.496 e. The normalized spacial score (nSPS) is 10.3. The SMILES string of the molecule is COc1ccccc1CN(C)C(=O)COc1ccc(Br)cc1Br. The van der Waals surface area contributed by atoms with Crippen molar-refractivity contribution < 1.29 is 14.3 Å². The molecule has 0 fully saturated rings. The average Bonchev–Trinajstić information content (AvgIpc) is 2.54. The number of hydrogen-bond acceptors (Lipinski definition) is 3. The third-order valence-corrected chi connectivity index (χ3v) is 4.38. The molecule has 0 N–H and O–H groups in total. The van der Waals surface area contributed by atoms with E-state index >= 15 is 0 Å². The van der Waals surface area contributed by atoms with Crippen molar-refractivity contribution in [3.05, 3.63) is 57.0 Å². The number of rotatable bonds is 6. The maximum Gasteiger partial charge on any atom is 0.260 e. The van der Waals surface area contributed by atoms with E-state index in [0.717, 1.165) is 20.3 Å². The lowest BCUT2D eigenvalue weighted by Gasteiger charge is -2.19. The van der Waals surface area contributed by atoms with Gasteiger partial charge in [0, 0.05) is 23.6 Å². The van der Waals surface area contributed by atoms with Gasteiger partial charge in [-0.2, -0.15) is 0 Å². The number of amides is 1. The lowest BCUT2D eigenvalue weighted by Crippen LogP contribution is -2.31. The van der Waals surface area contributed by atoms with Gasteiger partial charge in [0.05, 0.1) is 11.6 Å². The van der Waals surface area contributed by atoms with Crippen molar-refractivity contribution in [2.45, 2.75) is 6.54 Å². The predicted octanol–water partition coefficient (Wildman–Crippen LogP) is 4.26. The molecule has 122 valence electrons. The maximum absolute atomic E-state index is 12.2. The number of carbonyl (C=O) groups is 1. The molecule has 1 amide bonds. The first-order chi connectivity index (χ1) is 11.0. The van der Waals surface area contributed by atoms with Gasteiger partial charge in [-0.15, -0.1) is 0 Å². The minimum atomic E-state index is -0.106. The molecule has 0 heterocycles. The van der Waals surface area contributed by atoms with Crippen molar-refractivity contribution in [1.29, 1.82) is 0 Å². The molecule has 0 unspecified atom stereocenters. The number of ether oxygens (including phenoxy) is 2. The highest BCUT2D eigenvalue weighted by Crippen LogP contribution is 2.28. The molecule has 6 heteroatoms. The predicted molar refractivity (Wildman–Crippen MR) is 96.8 cm³/mol. The summed E-state index contributed by atoms with van der Waals surface area (Å²) in [7, 11) is 3.36. The zero-order chi connectivity index (χ0) is 16.8. The highest BCUT2D eigenvalue weighted by atomic mass is 79.9. The summed E-state index contributed by atoms with van der Waals surface area (Å²) in [6, 6.07) is 13.2. The summed E-state index contributed by atoms with van der Waals surface area (Å²) >= 11 is 6.79. The Kier molecular flexibility index (Phi) is 6.47. The number of carbonyl (C=O) groups excluding carboxylic acids is 1. The first-order valence-corrected chi connectivity index (χ1v) is 8.53. The molecule has 2 rings (SSSR count). The van der Waals surface area contributed by atoms with E-state index in [9.17, 15) is 4.79 Å². The summed E-state index contributed by atoms with van der Waals surface area (Å²) in [6.45, 7) is 0.444. The molecule has 0 saturated heterocycles.